The highest BCUT2D eigenvalue weighted by molar-refractivity contribution is 5.80. The second kappa shape index (κ2) is 9.15. The van der Waals surface area contributed by atoms with Gasteiger partial charge in [0.15, 0.2) is 0 Å². The molecule has 1 fully saturated rings. The van der Waals surface area contributed by atoms with Gasteiger partial charge in [0.25, 0.3) is 0 Å². The van der Waals surface area contributed by atoms with Crippen molar-refractivity contribution in [3.8, 4) is 5.75 Å². The van der Waals surface area contributed by atoms with Crippen LogP contribution in [0.3, 0.4) is 0 Å². The normalized spacial score (nSPS) is 17.4. The summed E-state index contributed by atoms with van der Waals surface area (Å²) in [7, 11) is 0. The number of carbonyl (C=O) groups is 2. The second-order valence-corrected chi connectivity index (χ2v) is 6.16. The zero-order valence-corrected chi connectivity index (χ0v) is 14.3. The van der Waals surface area contributed by atoms with Crippen molar-refractivity contribution in [2.45, 2.75) is 32.6 Å². The Bertz CT molecular complexity index is 562. The maximum atomic E-state index is 12.3. The number of nitrogens with one attached hydrogen (secondary N) is 1. The van der Waals surface area contributed by atoms with Gasteiger partial charge in [-0.2, -0.15) is 0 Å². The fraction of sp³-hybridized carbons (Fsp3) is 0.556. The average molecular weight is 333 g/mol. The highest BCUT2D eigenvalue weighted by Crippen LogP contribution is 2.17. The highest BCUT2D eigenvalue weighted by Gasteiger charge is 2.27. The quantitative estimate of drug-likeness (QED) is 0.799. The van der Waals surface area contributed by atoms with E-state index in [1.165, 1.54) is 0 Å². The number of primary amides is 1. The Kier molecular flexibility index (Phi) is 6.90. The molecule has 0 spiro atoms. The van der Waals surface area contributed by atoms with Crippen molar-refractivity contribution in [3.05, 3.63) is 29.8 Å². The smallest absolute Gasteiger partial charge is 0.314 e. The standard InChI is InChI=1S/C18H27N3O3/c1-2-11-24-16-7-3-5-14(12-16)8-9-20-17(22)15-6-4-10-21(13-15)18(19)23/h3,5,7,12,15H,2,4,6,8-11,13H2,1H3,(H2,19,23)(H,20,22)/t15-/m1/s1. The molecule has 3 amide bonds. The second-order valence-electron chi connectivity index (χ2n) is 6.16. The van der Waals surface area contributed by atoms with Gasteiger partial charge in [0.05, 0.1) is 12.5 Å². The van der Waals surface area contributed by atoms with Crippen LogP contribution in [0.2, 0.25) is 0 Å². The molecule has 0 aromatic heterocycles. The summed E-state index contributed by atoms with van der Waals surface area (Å²) in [4.78, 5) is 25.0. The number of hydrogen-bond acceptors (Lipinski definition) is 3. The van der Waals surface area contributed by atoms with Crippen LogP contribution in [0.5, 0.6) is 5.75 Å². The van der Waals surface area contributed by atoms with Crippen LogP contribution in [0.15, 0.2) is 24.3 Å². The Labute approximate surface area is 143 Å². The highest BCUT2D eigenvalue weighted by atomic mass is 16.5. The third-order valence-corrected chi connectivity index (χ3v) is 4.19. The molecule has 2 rings (SSSR count). The van der Waals surface area contributed by atoms with E-state index in [4.69, 9.17) is 10.5 Å². The molecule has 6 nitrogen and oxygen atoms in total. The Morgan fingerprint density at radius 1 is 1.42 bits per heavy atom. The summed E-state index contributed by atoms with van der Waals surface area (Å²) in [6, 6.07) is 7.50. The lowest BCUT2D eigenvalue weighted by atomic mass is 9.97. The summed E-state index contributed by atoms with van der Waals surface area (Å²) in [6.07, 6.45) is 3.35. The zero-order chi connectivity index (χ0) is 17.4. The van der Waals surface area contributed by atoms with Crippen LogP contribution in [0.4, 0.5) is 4.79 Å². The number of amides is 3. The molecule has 0 bridgehead atoms. The number of benzene rings is 1. The summed E-state index contributed by atoms with van der Waals surface area (Å²) in [6.45, 7) is 4.41. The fourth-order valence-corrected chi connectivity index (χ4v) is 2.88. The Hall–Kier alpha value is -2.24. The van der Waals surface area contributed by atoms with E-state index in [2.05, 4.69) is 12.2 Å². The third-order valence-electron chi connectivity index (χ3n) is 4.19. The number of piperidine rings is 1. The van der Waals surface area contributed by atoms with Crippen LogP contribution in [-0.4, -0.2) is 43.1 Å². The summed E-state index contributed by atoms with van der Waals surface area (Å²) in [5.41, 5.74) is 6.43. The number of likely N-dealkylation sites (tertiary alicyclic amines) is 1. The van der Waals surface area contributed by atoms with Crippen LogP contribution in [0.25, 0.3) is 0 Å². The molecule has 0 unspecified atom stereocenters. The number of ether oxygens (including phenoxy) is 1. The van der Waals surface area contributed by atoms with E-state index in [9.17, 15) is 9.59 Å². The number of hydrogen-bond donors (Lipinski definition) is 2. The van der Waals surface area contributed by atoms with E-state index in [-0.39, 0.29) is 11.8 Å². The molecule has 1 saturated heterocycles. The largest absolute Gasteiger partial charge is 0.494 e. The predicted molar refractivity (Wildman–Crippen MR) is 92.8 cm³/mol. The van der Waals surface area contributed by atoms with Gasteiger partial charge in [0.1, 0.15) is 5.75 Å². The van der Waals surface area contributed by atoms with Crippen LogP contribution in [0, 0.1) is 5.92 Å². The number of rotatable bonds is 7. The first-order valence-corrected chi connectivity index (χ1v) is 8.64. The lowest BCUT2D eigenvalue weighted by Crippen LogP contribution is -2.47. The molecule has 3 N–H and O–H groups in total. The first-order valence-electron chi connectivity index (χ1n) is 8.64. The van der Waals surface area contributed by atoms with Crippen molar-refractivity contribution in [1.82, 2.24) is 10.2 Å². The summed E-state index contributed by atoms with van der Waals surface area (Å²) in [5.74, 6) is 0.704. The van der Waals surface area contributed by atoms with Gasteiger partial charge in [-0.25, -0.2) is 4.79 Å². The lowest BCUT2D eigenvalue weighted by molar-refractivity contribution is -0.126. The van der Waals surface area contributed by atoms with Gasteiger partial charge in [-0.1, -0.05) is 19.1 Å². The SMILES string of the molecule is CCCOc1cccc(CCNC(=O)[C@@H]2CCCN(C(N)=O)C2)c1. The van der Waals surface area contributed by atoms with Crippen molar-refractivity contribution >= 4 is 11.9 Å². The van der Waals surface area contributed by atoms with Gasteiger partial charge in [0.2, 0.25) is 5.91 Å². The van der Waals surface area contributed by atoms with E-state index < -0.39 is 6.03 Å². The van der Waals surface area contributed by atoms with Crippen LogP contribution < -0.4 is 15.8 Å². The van der Waals surface area contributed by atoms with Crippen molar-refractivity contribution in [2.75, 3.05) is 26.2 Å². The van der Waals surface area contributed by atoms with Crippen LogP contribution in [0.1, 0.15) is 31.7 Å². The van der Waals surface area contributed by atoms with E-state index in [1.807, 2.05) is 24.3 Å². The minimum Gasteiger partial charge on any atom is -0.494 e. The molecular formula is C18H27N3O3. The van der Waals surface area contributed by atoms with E-state index in [1.54, 1.807) is 4.90 Å². The van der Waals surface area contributed by atoms with Crippen molar-refractivity contribution in [2.24, 2.45) is 11.7 Å². The molecule has 1 aliphatic rings. The minimum absolute atomic E-state index is 0.000613. The van der Waals surface area contributed by atoms with Gasteiger partial charge < -0.3 is 20.7 Å². The summed E-state index contributed by atoms with van der Waals surface area (Å²) < 4.78 is 5.62. The maximum absolute atomic E-state index is 12.3. The molecule has 6 heteroatoms. The molecular weight excluding hydrogens is 306 g/mol. The Morgan fingerprint density at radius 3 is 3.00 bits per heavy atom. The molecule has 132 valence electrons. The summed E-state index contributed by atoms with van der Waals surface area (Å²) >= 11 is 0. The zero-order valence-electron chi connectivity index (χ0n) is 14.3. The van der Waals surface area contributed by atoms with Crippen molar-refractivity contribution < 1.29 is 14.3 Å². The number of urea groups is 1. The van der Waals surface area contributed by atoms with Crippen molar-refractivity contribution in [3.63, 3.8) is 0 Å². The van der Waals surface area contributed by atoms with Crippen LogP contribution in [-0.2, 0) is 11.2 Å². The van der Waals surface area contributed by atoms with Gasteiger partial charge in [-0.05, 0) is 43.4 Å². The molecule has 1 aromatic carbocycles. The molecule has 1 atom stereocenters. The average Bonchev–Trinajstić information content (AvgIpc) is 2.60. The van der Waals surface area contributed by atoms with Gasteiger partial charge in [-0.3, -0.25) is 4.79 Å². The van der Waals surface area contributed by atoms with E-state index in [0.29, 0.717) is 26.2 Å². The molecule has 24 heavy (non-hydrogen) atoms. The number of nitrogens with two attached hydrogens (primary N) is 1. The topological polar surface area (TPSA) is 84.7 Å². The first-order chi connectivity index (χ1) is 11.6. The molecule has 0 aliphatic carbocycles. The number of carbonyl (C=O) groups excluding carboxylic acids is 2. The molecule has 0 saturated carbocycles. The minimum atomic E-state index is -0.448. The predicted octanol–water partition coefficient (Wildman–Crippen LogP) is 1.92. The molecule has 0 radical (unpaired) electrons. The number of nitrogens with zero attached hydrogens (tertiary/aromatic N) is 1. The maximum Gasteiger partial charge on any atom is 0.314 e. The lowest BCUT2D eigenvalue weighted by Gasteiger charge is -2.30. The monoisotopic (exact) mass is 333 g/mol. The van der Waals surface area contributed by atoms with E-state index >= 15 is 0 Å². The Balaban J connectivity index is 1.77. The van der Waals surface area contributed by atoms with Crippen LogP contribution >= 0.6 is 0 Å². The molecule has 1 heterocycles. The van der Waals surface area contributed by atoms with Gasteiger partial charge >= 0.3 is 6.03 Å². The van der Waals surface area contributed by atoms with Gasteiger partial charge in [0, 0.05) is 19.6 Å². The Morgan fingerprint density at radius 2 is 2.25 bits per heavy atom. The fourth-order valence-electron chi connectivity index (χ4n) is 2.88. The molecule has 1 aromatic rings. The molecule has 1 aliphatic heterocycles. The third kappa shape index (κ3) is 5.44. The van der Waals surface area contributed by atoms with Crippen molar-refractivity contribution in [1.29, 1.82) is 0 Å². The summed E-state index contributed by atoms with van der Waals surface area (Å²) in [5, 5.41) is 2.96. The van der Waals surface area contributed by atoms with E-state index in [0.717, 1.165) is 37.0 Å². The first kappa shape index (κ1) is 18.1. The van der Waals surface area contributed by atoms with Gasteiger partial charge in [-0.15, -0.1) is 0 Å².